The van der Waals surface area contributed by atoms with Gasteiger partial charge in [0.15, 0.2) is 6.61 Å². The smallest absolute Gasteiger partial charge is 0.277 e. The van der Waals surface area contributed by atoms with Crippen molar-refractivity contribution in [3.8, 4) is 11.5 Å². The number of ether oxygens (including phenoxy) is 1. The summed E-state index contributed by atoms with van der Waals surface area (Å²) >= 11 is 15.2. The standard InChI is InChI=1S/C19H13BrCl2N2O3/c20-18-14-4-2-1-3-11(14)5-6-16(18)27-10-17(25)24-23-9-12-7-13(21)8-15(22)19(12)26/h1-9,26H,10H2,(H,24,25). The number of nitrogens with one attached hydrogen (secondary N) is 1. The van der Waals surface area contributed by atoms with Gasteiger partial charge >= 0.3 is 0 Å². The van der Waals surface area contributed by atoms with Crippen molar-refractivity contribution in [2.24, 2.45) is 5.10 Å². The molecule has 2 N–H and O–H groups in total. The Kier molecular flexibility index (Phi) is 6.21. The van der Waals surface area contributed by atoms with Gasteiger partial charge in [-0.2, -0.15) is 5.10 Å². The van der Waals surface area contributed by atoms with Crippen molar-refractivity contribution < 1.29 is 14.6 Å². The Balaban J connectivity index is 1.61. The highest BCUT2D eigenvalue weighted by Gasteiger charge is 2.09. The third-order valence-electron chi connectivity index (χ3n) is 3.64. The normalized spacial score (nSPS) is 11.1. The summed E-state index contributed by atoms with van der Waals surface area (Å²) in [5, 5.41) is 16.1. The third kappa shape index (κ3) is 4.71. The van der Waals surface area contributed by atoms with Crippen LogP contribution in [-0.2, 0) is 4.79 Å². The second-order valence-electron chi connectivity index (χ2n) is 5.51. The average molecular weight is 468 g/mol. The molecule has 138 valence electrons. The molecule has 0 fully saturated rings. The molecule has 1 amide bonds. The number of carbonyl (C=O) groups is 1. The molecule has 0 saturated heterocycles. The molecular formula is C19H13BrCl2N2O3. The summed E-state index contributed by atoms with van der Waals surface area (Å²) in [6.07, 6.45) is 1.25. The van der Waals surface area contributed by atoms with Crippen molar-refractivity contribution in [2.75, 3.05) is 6.61 Å². The van der Waals surface area contributed by atoms with Crippen molar-refractivity contribution in [2.45, 2.75) is 0 Å². The second-order valence-corrected chi connectivity index (χ2v) is 7.14. The Morgan fingerprint density at radius 3 is 2.81 bits per heavy atom. The molecular weight excluding hydrogens is 455 g/mol. The Morgan fingerprint density at radius 1 is 1.22 bits per heavy atom. The van der Waals surface area contributed by atoms with Crippen LogP contribution in [0.5, 0.6) is 11.5 Å². The van der Waals surface area contributed by atoms with E-state index in [1.807, 2.05) is 30.3 Å². The lowest BCUT2D eigenvalue weighted by Gasteiger charge is -2.09. The van der Waals surface area contributed by atoms with Gasteiger partial charge < -0.3 is 9.84 Å². The quantitative estimate of drug-likeness (QED) is 0.403. The maximum absolute atomic E-state index is 11.9. The van der Waals surface area contributed by atoms with Crippen molar-refractivity contribution in [3.63, 3.8) is 0 Å². The molecule has 0 aliphatic rings. The number of hydrogen-bond donors (Lipinski definition) is 2. The predicted octanol–water partition coefficient (Wildman–Crippen LogP) is 5.14. The molecule has 0 unspecified atom stereocenters. The predicted molar refractivity (Wildman–Crippen MR) is 111 cm³/mol. The van der Waals surface area contributed by atoms with Crippen LogP contribution in [-0.4, -0.2) is 23.8 Å². The molecule has 8 heteroatoms. The molecule has 0 bridgehead atoms. The van der Waals surface area contributed by atoms with Crippen LogP contribution in [0.3, 0.4) is 0 Å². The molecule has 0 heterocycles. The van der Waals surface area contributed by atoms with Gasteiger partial charge in [-0.15, -0.1) is 0 Å². The summed E-state index contributed by atoms with van der Waals surface area (Å²) in [6.45, 7) is -0.226. The Morgan fingerprint density at radius 2 is 2.00 bits per heavy atom. The summed E-state index contributed by atoms with van der Waals surface area (Å²) in [4.78, 5) is 11.9. The number of hydrogen-bond acceptors (Lipinski definition) is 4. The van der Waals surface area contributed by atoms with E-state index in [0.29, 0.717) is 10.8 Å². The monoisotopic (exact) mass is 466 g/mol. The van der Waals surface area contributed by atoms with Crippen LogP contribution >= 0.6 is 39.1 Å². The Bertz CT molecular complexity index is 1040. The fraction of sp³-hybridized carbons (Fsp3) is 0.0526. The number of phenolic OH excluding ortho intramolecular Hbond substituents is 1. The van der Waals surface area contributed by atoms with Gasteiger partial charge in [-0.05, 0) is 44.9 Å². The first-order valence-electron chi connectivity index (χ1n) is 7.75. The minimum atomic E-state index is -0.459. The van der Waals surface area contributed by atoms with Crippen LogP contribution in [0.1, 0.15) is 5.56 Å². The first-order chi connectivity index (χ1) is 13.0. The highest BCUT2D eigenvalue weighted by Crippen LogP contribution is 2.33. The molecule has 3 aromatic carbocycles. The Hall–Kier alpha value is -2.28. The summed E-state index contributed by atoms with van der Waals surface area (Å²) in [5.74, 6) is -0.0820. The average Bonchev–Trinajstić information content (AvgIpc) is 2.65. The van der Waals surface area contributed by atoms with Gasteiger partial charge in [-0.3, -0.25) is 4.79 Å². The van der Waals surface area contributed by atoms with E-state index in [4.69, 9.17) is 27.9 Å². The molecule has 27 heavy (non-hydrogen) atoms. The van der Waals surface area contributed by atoms with Gasteiger partial charge in [0.1, 0.15) is 11.5 Å². The number of amides is 1. The number of halogens is 3. The van der Waals surface area contributed by atoms with Crippen LogP contribution in [0.15, 0.2) is 58.1 Å². The maximum Gasteiger partial charge on any atom is 0.277 e. The summed E-state index contributed by atoms with van der Waals surface area (Å²) in [6, 6.07) is 14.4. The van der Waals surface area contributed by atoms with Gasteiger partial charge in [-0.25, -0.2) is 5.43 Å². The first-order valence-corrected chi connectivity index (χ1v) is 9.30. The second kappa shape index (κ2) is 8.61. The number of rotatable bonds is 5. The molecule has 0 saturated carbocycles. The molecule has 3 rings (SSSR count). The Labute approximate surface area is 173 Å². The molecule has 0 atom stereocenters. The third-order valence-corrected chi connectivity index (χ3v) is 4.96. The van der Waals surface area contributed by atoms with E-state index in [1.165, 1.54) is 18.3 Å². The number of hydrazone groups is 1. The zero-order valence-electron chi connectivity index (χ0n) is 13.7. The van der Waals surface area contributed by atoms with Gasteiger partial charge in [0.2, 0.25) is 0 Å². The van der Waals surface area contributed by atoms with Gasteiger partial charge in [0.05, 0.1) is 15.7 Å². The largest absolute Gasteiger partial charge is 0.506 e. The molecule has 5 nitrogen and oxygen atoms in total. The molecule has 3 aromatic rings. The minimum Gasteiger partial charge on any atom is -0.506 e. The fourth-order valence-electron chi connectivity index (χ4n) is 2.36. The van der Waals surface area contributed by atoms with E-state index in [-0.39, 0.29) is 22.9 Å². The van der Waals surface area contributed by atoms with E-state index < -0.39 is 5.91 Å². The number of phenols is 1. The fourth-order valence-corrected chi connectivity index (χ4v) is 3.48. The highest BCUT2D eigenvalue weighted by molar-refractivity contribution is 9.10. The maximum atomic E-state index is 11.9. The van der Waals surface area contributed by atoms with E-state index in [2.05, 4.69) is 26.5 Å². The summed E-state index contributed by atoms with van der Waals surface area (Å²) in [7, 11) is 0. The van der Waals surface area contributed by atoms with Crippen molar-refractivity contribution >= 4 is 62.0 Å². The topological polar surface area (TPSA) is 70.9 Å². The lowest BCUT2D eigenvalue weighted by atomic mass is 10.1. The van der Waals surface area contributed by atoms with Gasteiger partial charge in [0, 0.05) is 10.6 Å². The van der Waals surface area contributed by atoms with E-state index in [1.54, 1.807) is 6.07 Å². The van der Waals surface area contributed by atoms with Crippen LogP contribution in [0.2, 0.25) is 10.0 Å². The highest BCUT2D eigenvalue weighted by atomic mass is 79.9. The van der Waals surface area contributed by atoms with Crippen LogP contribution < -0.4 is 10.2 Å². The van der Waals surface area contributed by atoms with Crippen LogP contribution in [0.4, 0.5) is 0 Å². The SMILES string of the molecule is O=C(COc1ccc2ccccc2c1Br)NN=Cc1cc(Cl)cc(Cl)c1O. The summed E-state index contributed by atoms with van der Waals surface area (Å²) < 4.78 is 6.32. The van der Waals surface area contributed by atoms with Crippen molar-refractivity contribution in [3.05, 3.63) is 68.6 Å². The lowest BCUT2D eigenvalue weighted by Crippen LogP contribution is -2.24. The van der Waals surface area contributed by atoms with Gasteiger partial charge in [-0.1, -0.05) is 53.5 Å². The van der Waals surface area contributed by atoms with Crippen molar-refractivity contribution in [1.82, 2.24) is 5.43 Å². The molecule has 0 aliphatic carbocycles. The molecule has 0 aliphatic heterocycles. The number of carbonyl (C=O) groups excluding carboxylic acids is 1. The minimum absolute atomic E-state index is 0.0970. The summed E-state index contributed by atoms with van der Waals surface area (Å²) in [5.41, 5.74) is 2.60. The molecule has 0 aromatic heterocycles. The van der Waals surface area contributed by atoms with Gasteiger partial charge in [0.25, 0.3) is 5.91 Å². The van der Waals surface area contributed by atoms with E-state index >= 15 is 0 Å². The van der Waals surface area contributed by atoms with E-state index in [0.717, 1.165) is 15.2 Å². The zero-order chi connectivity index (χ0) is 19.4. The number of nitrogens with zero attached hydrogens (tertiary/aromatic N) is 1. The molecule has 0 spiro atoms. The number of aromatic hydroxyl groups is 1. The number of benzene rings is 3. The van der Waals surface area contributed by atoms with E-state index in [9.17, 15) is 9.90 Å². The van der Waals surface area contributed by atoms with Crippen LogP contribution in [0.25, 0.3) is 10.8 Å². The first kappa shape index (κ1) is 19.5. The lowest BCUT2D eigenvalue weighted by molar-refractivity contribution is -0.123. The molecule has 0 radical (unpaired) electrons. The van der Waals surface area contributed by atoms with Crippen LogP contribution in [0, 0.1) is 0 Å². The van der Waals surface area contributed by atoms with Crippen molar-refractivity contribution in [1.29, 1.82) is 0 Å². The number of fused-ring (bicyclic) bond motifs is 1. The zero-order valence-corrected chi connectivity index (χ0v) is 16.8.